The fourth-order valence-corrected chi connectivity index (χ4v) is 5.12. The van der Waals surface area contributed by atoms with Crippen LogP contribution in [0.4, 0.5) is 0 Å². The van der Waals surface area contributed by atoms with E-state index in [1.807, 2.05) is 5.38 Å². The maximum Gasteiger partial charge on any atom is 0.245 e. The summed E-state index contributed by atoms with van der Waals surface area (Å²) in [6.07, 6.45) is 7.48. The van der Waals surface area contributed by atoms with Gasteiger partial charge in [0.05, 0.1) is 6.54 Å². The zero-order valence-corrected chi connectivity index (χ0v) is 12.6. The minimum atomic E-state index is -3.53. The molecule has 1 heterocycles. The number of hydrogen-bond acceptors (Lipinski definition) is 4. The van der Waals surface area contributed by atoms with Crippen molar-refractivity contribution < 1.29 is 8.42 Å². The van der Waals surface area contributed by atoms with Gasteiger partial charge in [-0.3, -0.25) is 0 Å². The van der Waals surface area contributed by atoms with E-state index in [9.17, 15) is 8.42 Å². The van der Waals surface area contributed by atoms with Crippen molar-refractivity contribution in [2.45, 2.75) is 31.2 Å². The van der Waals surface area contributed by atoms with Crippen LogP contribution in [0.15, 0.2) is 10.3 Å². The minimum Gasteiger partial charge on any atom is -0.326 e. The molecule has 1 aromatic heterocycles. The van der Waals surface area contributed by atoms with E-state index in [4.69, 9.17) is 12.2 Å². The Labute approximate surface area is 118 Å². The number of aryl methyl sites for hydroxylation is 1. The molecule has 2 rings (SSSR count). The molecule has 104 valence electrons. The van der Waals surface area contributed by atoms with Crippen LogP contribution in [-0.2, 0) is 16.6 Å². The summed E-state index contributed by atoms with van der Waals surface area (Å²) in [7, 11) is -3.53. The van der Waals surface area contributed by atoms with Crippen molar-refractivity contribution in [3.63, 3.8) is 0 Å². The first-order valence-corrected chi connectivity index (χ1v) is 8.53. The van der Waals surface area contributed by atoms with E-state index in [-0.39, 0.29) is 13.1 Å². The first-order valence-electron chi connectivity index (χ1n) is 6.21. The standard InChI is InChI=1S/C13H18N2O2S2/c1-3-6-15(8-11-4-5-11)19(16,17)13-10(2)9-18-12(13)7-14/h1,9,11H,4-8,14H2,2H3. The second-order valence-electron chi connectivity index (χ2n) is 4.82. The zero-order valence-electron chi connectivity index (χ0n) is 10.9. The van der Waals surface area contributed by atoms with Gasteiger partial charge in [-0.25, -0.2) is 8.42 Å². The number of terminal acetylenes is 1. The second kappa shape index (κ2) is 5.63. The lowest BCUT2D eigenvalue weighted by atomic mass is 10.3. The highest BCUT2D eigenvalue weighted by Gasteiger charge is 2.33. The van der Waals surface area contributed by atoms with E-state index >= 15 is 0 Å². The Bertz CT molecular complexity index is 595. The van der Waals surface area contributed by atoms with Crippen LogP contribution in [0.1, 0.15) is 23.3 Å². The summed E-state index contributed by atoms with van der Waals surface area (Å²) in [5.41, 5.74) is 6.39. The van der Waals surface area contributed by atoms with Crippen molar-refractivity contribution in [3.8, 4) is 12.3 Å². The fourth-order valence-electron chi connectivity index (χ4n) is 2.04. The Morgan fingerprint density at radius 1 is 1.58 bits per heavy atom. The van der Waals surface area contributed by atoms with Gasteiger partial charge in [0, 0.05) is 18.0 Å². The lowest BCUT2D eigenvalue weighted by Crippen LogP contribution is -2.34. The molecule has 6 heteroatoms. The van der Waals surface area contributed by atoms with Gasteiger partial charge in [0.1, 0.15) is 4.90 Å². The third-order valence-corrected chi connectivity index (χ3v) is 6.50. The van der Waals surface area contributed by atoms with Gasteiger partial charge in [-0.05, 0) is 36.6 Å². The highest BCUT2D eigenvalue weighted by atomic mass is 32.2. The summed E-state index contributed by atoms with van der Waals surface area (Å²) in [6.45, 7) is 2.68. The van der Waals surface area contributed by atoms with Gasteiger partial charge in [-0.1, -0.05) is 5.92 Å². The van der Waals surface area contributed by atoms with E-state index in [0.717, 1.165) is 18.4 Å². The summed E-state index contributed by atoms with van der Waals surface area (Å²) in [5, 5.41) is 1.83. The van der Waals surface area contributed by atoms with Gasteiger partial charge in [0.25, 0.3) is 0 Å². The van der Waals surface area contributed by atoms with Crippen molar-refractivity contribution in [1.29, 1.82) is 0 Å². The summed E-state index contributed by atoms with van der Waals surface area (Å²) in [6, 6.07) is 0. The number of rotatable bonds is 6. The minimum absolute atomic E-state index is 0.123. The van der Waals surface area contributed by atoms with Crippen LogP contribution in [0, 0.1) is 25.2 Å². The van der Waals surface area contributed by atoms with Crippen molar-refractivity contribution >= 4 is 21.4 Å². The van der Waals surface area contributed by atoms with E-state index in [1.54, 1.807) is 6.92 Å². The molecule has 0 atom stereocenters. The highest BCUT2D eigenvalue weighted by Crippen LogP contribution is 2.34. The van der Waals surface area contributed by atoms with Crippen molar-refractivity contribution in [1.82, 2.24) is 4.31 Å². The van der Waals surface area contributed by atoms with Crippen molar-refractivity contribution in [2.24, 2.45) is 11.7 Å². The summed E-state index contributed by atoms with van der Waals surface area (Å²) >= 11 is 1.39. The van der Waals surface area contributed by atoms with Gasteiger partial charge >= 0.3 is 0 Å². The normalized spacial score (nSPS) is 15.7. The molecule has 1 aliphatic carbocycles. The van der Waals surface area contributed by atoms with E-state index in [2.05, 4.69) is 5.92 Å². The van der Waals surface area contributed by atoms with Crippen LogP contribution < -0.4 is 5.73 Å². The Hall–Kier alpha value is -0.870. The van der Waals surface area contributed by atoms with Crippen molar-refractivity contribution in [3.05, 3.63) is 15.8 Å². The molecular formula is C13H18N2O2S2. The Morgan fingerprint density at radius 2 is 2.26 bits per heavy atom. The average Bonchev–Trinajstić information content (AvgIpc) is 3.09. The quantitative estimate of drug-likeness (QED) is 0.811. The van der Waals surface area contributed by atoms with Gasteiger partial charge in [0.15, 0.2) is 0 Å². The van der Waals surface area contributed by atoms with Crippen LogP contribution in [0.25, 0.3) is 0 Å². The number of nitrogens with zero attached hydrogens (tertiary/aromatic N) is 1. The van der Waals surface area contributed by atoms with Crippen LogP contribution in [0.5, 0.6) is 0 Å². The molecule has 1 fully saturated rings. The Morgan fingerprint density at radius 3 is 2.79 bits per heavy atom. The van der Waals surface area contributed by atoms with Crippen LogP contribution in [0.3, 0.4) is 0 Å². The van der Waals surface area contributed by atoms with Crippen molar-refractivity contribution in [2.75, 3.05) is 13.1 Å². The van der Waals surface area contributed by atoms with E-state index in [1.165, 1.54) is 15.6 Å². The van der Waals surface area contributed by atoms with Gasteiger partial charge < -0.3 is 5.73 Å². The molecule has 0 spiro atoms. The molecule has 19 heavy (non-hydrogen) atoms. The SMILES string of the molecule is C#CCN(CC1CC1)S(=O)(=O)c1c(C)csc1CN. The number of thiophene rings is 1. The first-order chi connectivity index (χ1) is 9.00. The fraction of sp³-hybridized carbons (Fsp3) is 0.538. The molecule has 1 aromatic rings. The second-order valence-corrected chi connectivity index (χ2v) is 7.66. The van der Waals surface area contributed by atoms with E-state index < -0.39 is 10.0 Å². The predicted molar refractivity (Wildman–Crippen MR) is 77.3 cm³/mol. The molecule has 0 bridgehead atoms. The maximum absolute atomic E-state index is 12.7. The smallest absolute Gasteiger partial charge is 0.245 e. The average molecular weight is 298 g/mol. The highest BCUT2D eigenvalue weighted by molar-refractivity contribution is 7.89. The lowest BCUT2D eigenvalue weighted by molar-refractivity contribution is 0.429. The number of nitrogens with two attached hydrogens (primary N) is 1. The van der Waals surface area contributed by atoms with Gasteiger partial charge in [-0.2, -0.15) is 4.31 Å². The largest absolute Gasteiger partial charge is 0.326 e. The number of sulfonamides is 1. The predicted octanol–water partition coefficient (Wildman–Crippen LogP) is 1.55. The molecule has 0 aromatic carbocycles. The maximum atomic E-state index is 12.7. The molecular weight excluding hydrogens is 280 g/mol. The van der Waals surface area contributed by atoms with E-state index in [0.29, 0.717) is 22.2 Å². The van der Waals surface area contributed by atoms with Crippen LogP contribution in [-0.4, -0.2) is 25.8 Å². The monoisotopic (exact) mass is 298 g/mol. The summed E-state index contributed by atoms with van der Waals surface area (Å²) in [5.74, 6) is 2.91. The molecule has 4 nitrogen and oxygen atoms in total. The molecule has 2 N–H and O–H groups in total. The summed E-state index contributed by atoms with van der Waals surface area (Å²) < 4.78 is 26.9. The lowest BCUT2D eigenvalue weighted by Gasteiger charge is -2.20. The molecule has 1 saturated carbocycles. The third kappa shape index (κ3) is 3.00. The third-order valence-electron chi connectivity index (χ3n) is 3.20. The topological polar surface area (TPSA) is 63.4 Å². The zero-order chi connectivity index (χ0) is 14.0. The van der Waals surface area contributed by atoms with Crippen LogP contribution >= 0.6 is 11.3 Å². The molecule has 0 radical (unpaired) electrons. The summed E-state index contributed by atoms with van der Waals surface area (Å²) in [4.78, 5) is 1.06. The van der Waals surface area contributed by atoms with Crippen LogP contribution in [0.2, 0.25) is 0 Å². The van der Waals surface area contributed by atoms with Gasteiger partial charge in [-0.15, -0.1) is 17.8 Å². The molecule has 0 unspecified atom stereocenters. The number of hydrogen-bond donors (Lipinski definition) is 1. The molecule has 0 amide bonds. The Kier molecular flexibility index (Phi) is 4.31. The Balaban J connectivity index is 2.37. The molecule has 1 aliphatic rings. The van der Waals surface area contributed by atoms with Gasteiger partial charge in [0.2, 0.25) is 10.0 Å². The molecule has 0 saturated heterocycles. The molecule has 0 aliphatic heterocycles. The first kappa shape index (κ1) is 14.5.